The summed E-state index contributed by atoms with van der Waals surface area (Å²) in [6.45, 7) is 2.61. The highest BCUT2D eigenvalue weighted by Gasteiger charge is 2.29. The smallest absolute Gasteiger partial charge is 0.152 e. The average molecular weight is 341 g/mol. The van der Waals surface area contributed by atoms with Crippen molar-refractivity contribution in [2.45, 2.75) is 25.5 Å². The van der Waals surface area contributed by atoms with Crippen LogP contribution in [0.1, 0.15) is 30.5 Å². The molecule has 2 unspecified atom stereocenters. The largest absolute Gasteiger partial charge is 0.458 e. The first-order valence-electron chi connectivity index (χ1n) is 8.67. The molecule has 0 bridgehead atoms. The predicted octanol–water partition coefficient (Wildman–Crippen LogP) is 2.35. The van der Waals surface area contributed by atoms with Crippen LogP contribution in [0.15, 0.2) is 41.2 Å². The monoisotopic (exact) mass is 341 g/mol. The van der Waals surface area contributed by atoms with Crippen LogP contribution in [0.2, 0.25) is 0 Å². The Labute approximate surface area is 146 Å². The van der Waals surface area contributed by atoms with E-state index in [0.717, 1.165) is 55.5 Å². The number of nitrogens with zero attached hydrogens (tertiary/aromatic N) is 4. The molecule has 1 fully saturated rings. The van der Waals surface area contributed by atoms with Crippen LogP contribution in [0.5, 0.6) is 0 Å². The number of likely N-dealkylation sites (tertiary alicyclic amines) is 1. The summed E-state index contributed by atoms with van der Waals surface area (Å²) in [4.78, 5) is 6.64. The Kier molecular flexibility index (Phi) is 4.42. The predicted molar refractivity (Wildman–Crippen MR) is 92.5 cm³/mol. The Morgan fingerprint density at radius 3 is 3.04 bits per heavy atom. The van der Waals surface area contributed by atoms with E-state index >= 15 is 0 Å². The number of furan rings is 1. The van der Waals surface area contributed by atoms with Gasteiger partial charge in [0, 0.05) is 38.1 Å². The van der Waals surface area contributed by atoms with E-state index in [0.29, 0.717) is 0 Å². The first-order chi connectivity index (χ1) is 12.2. The highest BCUT2D eigenvalue weighted by atomic mass is 16.3. The molecule has 0 saturated carbocycles. The van der Waals surface area contributed by atoms with Gasteiger partial charge >= 0.3 is 0 Å². The maximum atomic E-state index is 10.7. The van der Waals surface area contributed by atoms with Crippen LogP contribution in [-0.2, 0) is 13.6 Å². The van der Waals surface area contributed by atoms with Gasteiger partial charge < -0.3 is 14.1 Å². The van der Waals surface area contributed by atoms with Gasteiger partial charge in [0.15, 0.2) is 5.76 Å². The zero-order chi connectivity index (χ0) is 17.2. The molecule has 3 aromatic heterocycles. The standard InChI is InChI=1S/C18H23N5O2/c1-22-10-8-19-18(22)17(24)13-3-2-9-23(11-13)12-14-4-5-16(25-14)15-6-7-20-21-15/h4-8,10,13,17,24H,2-3,9,11-12H2,1H3,(H,20,21). The van der Waals surface area contributed by atoms with E-state index in [2.05, 4.69) is 20.1 Å². The van der Waals surface area contributed by atoms with Gasteiger partial charge in [0.1, 0.15) is 23.4 Å². The number of aliphatic hydroxyl groups is 1. The molecule has 25 heavy (non-hydrogen) atoms. The highest BCUT2D eigenvalue weighted by Crippen LogP contribution is 2.30. The Morgan fingerprint density at radius 1 is 1.36 bits per heavy atom. The molecule has 2 atom stereocenters. The van der Waals surface area contributed by atoms with Crippen LogP contribution in [-0.4, -0.2) is 42.8 Å². The maximum absolute atomic E-state index is 10.7. The Morgan fingerprint density at radius 2 is 2.28 bits per heavy atom. The van der Waals surface area contributed by atoms with Gasteiger partial charge in [0.05, 0.1) is 6.54 Å². The van der Waals surface area contributed by atoms with Crippen molar-refractivity contribution in [1.29, 1.82) is 0 Å². The van der Waals surface area contributed by atoms with E-state index in [-0.39, 0.29) is 5.92 Å². The Bertz CT molecular complexity index is 807. The van der Waals surface area contributed by atoms with E-state index in [1.165, 1.54) is 0 Å². The topological polar surface area (TPSA) is 83.1 Å². The quantitative estimate of drug-likeness (QED) is 0.744. The molecule has 0 spiro atoms. The summed E-state index contributed by atoms with van der Waals surface area (Å²) in [6.07, 6.45) is 6.88. The molecular weight excluding hydrogens is 318 g/mol. The van der Waals surface area contributed by atoms with Gasteiger partial charge in [-0.25, -0.2) is 4.98 Å². The Hall–Kier alpha value is -2.38. The fourth-order valence-corrected chi connectivity index (χ4v) is 3.59. The van der Waals surface area contributed by atoms with Gasteiger partial charge in [-0.3, -0.25) is 10.00 Å². The van der Waals surface area contributed by atoms with Gasteiger partial charge in [-0.2, -0.15) is 5.10 Å². The van der Waals surface area contributed by atoms with E-state index in [9.17, 15) is 5.11 Å². The normalized spacial score (nSPS) is 20.0. The third-order valence-electron chi connectivity index (χ3n) is 4.92. The number of nitrogens with one attached hydrogen (secondary N) is 1. The lowest BCUT2D eigenvalue weighted by atomic mass is 9.92. The molecule has 0 amide bonds. The molecule has 1 saturated heterocycles. The highest BCUT2D eigenvalue weighted by molar-refractivity contribution is 5.51. The molecule has 7 heteroatoms. The van der Waals surface area contributed by atoms with E-state index < -0.39 is 6.10 Å². The molecule has 132 valence electrons. The molecule has 0 aliphatic carbocycles. The minimum atomic E-state index is -0.528. The molecule has 1 aliphatic rings. The number of aromatic amines is 1. The number of hydrogen-bond donors (Lipinski definition) is 2. The van der Waals surface area contributed by atoms with E-state index in [1.807, 2.05) is 36.0 Å². The summed E-state index contributed by atoms with van der Waals surface area (Å²) < 4.78 is 7.82. The van der Waals surface area contributed by atoms with Crippen LogP contribution in [0.4, 0.5) is 0 Å². The molecule has 4 heterocycles. The number of piperidine rings is 1. The zero-order valence-corrected chi connectivity index (χ0v) is 14.3. The fourth-order valence-electron chi connectivity index (χ4n) is 3.59. The molecule has 0 aromatic carbocycles. The van der Waals surface area contributed by atoms with Crippen LogP contribution in [0.25, 0.3) is 11.5 Å². The Balaban J connectivity index is 1.41. The van der Waals surface area contributed by atoms with Crippen molar-refractivity contribution >= 4 is 0 Å². The number of aryl methyl sites for hydroxylation is 1. The van der Waals surface area contributed by atoms with E-state index in [1.54, 1.807) is 12.4 Å². The lowest BCUT2D eigenvalue weighted by molar-refractivity contribution is 0.0384. The van der Waals surface area contributed by atoms with Gasteiger partial charge in [0.2, 0.25) is 0 Å². The summed E-state index contributed by atoms with van der Waals surface area (Å²) >= 11 is 0. The molecule has 7 nitrogen and oxygen atoms in total. The fraction of sp³-hybridized carbons (Fsp3) is 0.444. The molecule has 3 aromatic rings. The molecule has 1 aliphatic heterocycles. The number of imidazole rings is 1. The van der Waals surface area contributed by atoms with Gasteiger partial charge in [-0.1, -0.05) is 0 Å². The summed E-state index contributed by atoms with van der Waals surface area (Å²) in [5, 5.41) is 17.6. The van der Waals surface area contributed by atoms with Crippen molar-refractivity contribution in [2.75, 3.05) is 13.1 Å². The average Bonchev–Trinajstić information content (AvgIpc) is 3.35. The second kappa shape index (κ2) is 6.85. The minimum absolute atomic E-state index is 0.192. The lowest BCUT2D eigenvalue weighted by Gasteiger charge is -2.34. The molecule has 4 rings (SSSR count). The zero-order valence-electron chi connectivity index (χ0n) is 14.3. The summed E-state index contributed by atoms with van der Waals surface area (Å²) in [6, 6.07) is 5.87. The van der Waals surface area contributed by atoms with Crippen molar-refractivity contribution < 1.29 is 9.52 Å². The van der Waals surface area contributed by atoms with Gasteiger partial charge in [-0.15, -0.1) is 0 Å². The van der Waals surface area contributed by atoms with Crippen molar-refractivity contribution in [2.24, 2.45) is 13.0 Å². The van der Waals surface area contributed by atoms with E-state index in [4.69, 9.17) is 4.42 Å². The van der Waals surface area contributed by atoms with Gasteiger partial charge in [0.25, 0.3) is 0 Å². The first kappa shape index (κ1) is 16.1. The summed E-state index contributed by atoms with van der Waals surface area (Å²) in [5.41, 5.74) is 0.882. The van der Waals surface area contributed by atoms with Crippen LogP contribution >= 0.6 is 0 Å². The van der Waals surface area contributed by atoms with Crippen molar-refractivity contribution in [3.63, 3.8) is 0 Å². The van der Waals surface area contributed by atoms with Crippen LogP contribution in [0.3, 0.4) is 0 Å². The van der Waals surface area contributed by atoms with Crippen molar-refractivity contribution in [1.82, 2.24) is 24.6 Å². The summed E-state index contributed by atoms with van der Waals surface area (Å²) in [5.74, 6) is 2.66. The van der Waals surface area contributed by atoms with Crippen LogP contribution < -0.4 is 0 Å². The SMILES string of the molecule is Cn1ccnc1C(O)C1CCCN(Cc2ccc(-c3ccn[nH]3)o2)C1. The van der Waals surface area contributed by atoms with Crippen molar-refractivity contribution in [3.05, 3.63) is 48.4 Å². The third kappa shape index (κ3) is 3.38. The van der Waals surface area contributed by atoms with Crippen LogP contribution in [0, 0.1) is 5.92 Å². The molecule has 0 radical (unpaired) electrons. The minimum Gasteiger partial charge on any atom is -0.458 e. The van der Waals surface area contributed by atoms with Gasteiger partial charge in [-0.05, 0) is 37.6 Å². The maximum Gasteiger partial charge on any atom is 0.152 e. The van der Waals surface area contributed by atoms with Crippen molar-refractivity contribution in [3.8, 4) is 11.5 Å². The number of hydrogen-bond acceptors (Lipinski definition) is 5. The molecule has 2 N–H and O–H groups in total. The number of aromatic nitrogens is 4. The second-order valence-corrected chi connectivity index (χ2v) is 6.71. The first-order valence-corrected chi connectivity index (χ1v) is 8.67. The molecular formula is C18H23N5O2. The third-order valence-corrected chi connectivity index (χ3v) is 4.92. The number of rotatable bonds is 5. The number of aliphatic hydroxyl groups excluding tert-OH is 1. The summed E-state index contributed by atoms with van der Waals surface area (Å²) in [7, 11) is 1.92. The lowest BCUT2D eigenvalue weighted by Crippen LogP contribution is -2.37. The number of H-pyrrole nitrogens is 1. The second-order valence-electron chi connectivity index (χ2n) is 6.71.